The van der Waals surface area contributed by atoms with E-state index in [9.17, 15) is 0 Å². The highest BCUT2D eigenvalue weighted by molar-refractivity contribution is 5.40. The molecule has 0 spiro atoms. The molecule has 0 aliphatic rings. The quantitative estimate of drug-likeness (QED) is 0.851. The molecule has 2 rings (SSSR count). The number of rotatable bonds is 3. The molecule has 0 saturated heterocycles. The summed E-state index contributed by atoms with van der Waals surface area (Å²) in [5, 5.41) is 0. The molecule has 1 aromatic carbocycles. The smallest absolute Gasteiger partial charge is 0.0995 e. The first kappa shape index (κ1) is 10.9. The van der Waals surface area contributed by atoms with Crippen molar-refractivity contribution in [1.82, 2.24) is 9.55 Å². The molecule has 84 valence electrons. The Kier molecular flexibility index (Phi) is 3.06. The van der Waals surface area contributed by atoms with Crippen LogP contribution in [0.25, 0.3) is 5.69 Å². The molecular weight excluding hydrogens is 198 g/mol. The molecule has 0 radical (unpaired) electrons. The van der Waals surface area contributed by atoms with Crippen LogP contribution in [0.5, 0.6) is 0 Å². The zero-order valence-corrected chi connectivity index (χ0v) is 9.72. The van der Waals surface area contributed by atoms with Gasteiger partial charge in [-0.1, -0.05) is 18.2 Å². The Morgan fingerprint density at radius 3 is 2.81 bits per heavy atom. The molecule has 1 atom stereocenters. The van der Waals surface area contributed by atoms with Crippen molar-refractivity contribution in [1.29, 1.82) is 0 Å². The van der Waals surface area contributed by atoms with Crippen molar-refractivity contribution < 1.29 is 0 Å². The van der Waals surface area contributed by atoms with Gasteiger partial charge in [0.2, 0.25) is 0 Å². The van der Waals surface area contributed by atoms with Crippen molar-refractivity contribution in [2.24, 2.45) is 5.73 Å². The fraction of sp³-hybridized carbons (Fsp3) is 0.308. The van der Waals surface area contributed by atoms with E-state index in [2.05, 4.69) is 24.0 Å². The minimum atomic E-state index is 0.153. The second kappa shape index (κ2) is 4.49. The monoisotopic (exact) mass is 215 g/mol. The van der Waals surface area contributed by atoms with Gasteiger partial charge in [-0.15, -0.1) is 0 Å². The predicted octanol–water partition coefficient (Wildman–Crippen LogP) is 2.07. The van der Waals surface area contributed by atoms with Crippen LogP contribution < -0.4 is 5.73 Å². The molecule has 1 unspecified atom stereocenters. The molecule has 0 aliphatic carbocycles. The third kappa shape index (κ3) is 2.31. The van der Waals surface area contributed by atoms with Crippen LogP contribution in [0.2, 0.25) is 0 Å². The van der Waals surface area contributed by atoms with Gasteiger partial charge in [0.05, 0.1) is 12.0 Å². The zero-order valence-electron chi connectivity index (χ0n) is 9.72. The van der Waals surface area contributed by atoms with Gasteiger partial charge in [-0.05, 0) is 25.5 Å². The lowest BCUT2D eigenvalue weighted by Gasteiger charge is -2.05. The minimum Gasteiger partial charge on any atom is -0.328 e. The summed E-state index contributed by atoms with van der Waals surface area (Å²) < 4.78 is 2.05. The van der Waals surface area contributed by atoms with Gasteiger partial charge in [-0.25, -0.2) is 4.98 Å². The molecule has 0 bridgehead atoms. The Bertz CT molecular complexity index is 472. The van der Waals surface area contributed by atoms with E-state index in [0.717, 1.165) is 12.1 Å². The molecule has 3 heteroatoms. The lowest BCUT2D eigenvalue weighted by Crippen LogP contribution is -2.17. The Morgan fingerprint density at radius 2 is 2.12 bits per heavy atom. The van der Waals surface area contributed by atoms with Crippen LogP contribution >= 0.6 is 0 Å². The maximum absolute atomic E-state index is 5.75. The van der Waals surface area contributed by atoms with E-state index in [1.165, 1.54) is 11.3 Å². The zero-order chi connectivity index (χ0) is 11.5. The highest BCUT2D eigenvalue weighted by atomic mass is 15.0. The van der Waals surface area contributed by atoms with Crippen LogP contribution in [0.3, 0.4) is 0 Å². The molecule has 1 heterocycles. The normalized spacial score (nSPS) is 12.7. The van der Waals surface area contributed by atoms with Crippen molar-refractivity contribution in [3.05, 3.63) is 48.0 Å². The first-order valence-corrected chi connectivity index (χ1v) is 5.51. The van der Waals surface area contributed by atoms with E-state index in [-0.39, 0.29) is 6.04 Å². The predicted molar refractivity (Wildman–Crippen MR) is 65.7 cm³/mol. The molecule has 3 nitrogen and oxygen atoms in total. The fourth-order valence-corrected chi connectivity index (χ4v) is 1.78. The molecule has 2 aromatic rings. The third-order valence-electron chi connectivity index (χ3n) is 2.56. The second-order valence-corrected chi connectivity index (χ2v) is 4.24. The van der Waals surface area contributed by atoms with Crippen molar-refractivity contribution >= 4 is 0 Å². The summed E-state index contributed by atoms with van der Waals surface area (Å²) in [7, 11) is 0. The van der Waals surface area contributed by atoms with E-state index in [1.54, 1.807) is 0 Å². The Balaban J connectivity index is 2.28. The number of aromatic nitrogens is 2. The van der Waals surface area contributed by atoms with E-state index < -0.39 is 0 Å². The minimum absolute atomic E-state index is 0.153. The summed E-state index contributed by atoms with van der Waals surface area (Å²) in [6.07, 6.45) is 4.71. The van der Waals surface area contributed by atoms with Gasteiger partial charge >= 0.3 is 0 Å². The number of benzene rings is 1. The highest BCUT2D eigenvalue weighted by Crippen LogP contribution is 2.13. The number of nitrogens with two attached hydrogens (primary N) is 1. The average Bonchev–Trinajstić information content (AvgIpc) is 2.66. The molecule has 0 aliphatic heterocycles. The first-order chi connectivity index (χ1) is 7.66. The first-order valence-electron chi connectivity index (χ1n) is 5.51. The van der Waals surface area contributed by atoms with E-state index in [1.807, 2.05) is 36.1 Å². The standard InChI is InChI=1S/C13H17N3/c1-10-5-3-4-6-13(10)16-8-12(15-9-16)7-11(2)14/h3-6,8-9,11H,7,14H2,1-2H3. The fourth-order valence-electron chi connectivity index (χ4n) is 1.78. The van der Waals surface area contributed by atoms with Gasteiger partial charge in [0.15, 0.2) is 0 Å². The van der Waals surface area contributed by atoms with E-state index in [0.29, 0.717) is 0 Å². The number of imidazole rings is 1. The van der Waals surface area contributed by atoms with Crippen LogP contribution in [0.1, 0.15) is 18.2 Å². The summed E-state index contributed by atoms with van der Waals surface area (Å²) >= 11 is 0. The summed E-state index contributed by atoms with van der Waals surface area (Å²) in [6, 6.07) is 8.42. The molecule has 0 amide bonds. The number of hydrogen-bond donors (Lipinski definition) is 1. The third-order valence-corrected chi connectivity index (χ3v) is 2.56. The molecule has 1 aromatic heterocycles. The molecule has 0 saturated carbocycles. The molecular formula is C13H17N3. The maximum Gasteiger partial charge on any atom is 0.0995 e. The van der Waals surface area contributed by atoms with E-state index >= 15 is 0 Å². The summed E-state index contributed by atoms with van der Waals surface area (Å²) in [5.74, 6) is 0. The second-order valence-electron chi connectivity index (χ2n) is 4.24. The molecule has 16 heavy (non-hydrogen) atoms. The van der Waals surface area contributed by atoms with Gasteiger partial charge in [0, 0.05) is 24.3 Å². The van der Waals surface area contributed by atoms with Crippen LogP contribution in [-0.2, 0) is 6.42 Å². The van der Waals surface area contributed by atoms with Crippen molar-refractivity contribution in [2.45, 2.75) is 26.3 Å². The topological polar surface area (TPSA) is 43.8 Å². The van der Waals surface area contributed by atoms with Crippen LogP contribution in [0.15, 0.2) is 36.8 Å². The van der Waals surface area contributed by atoms with Crippen LogP contribution in [0.4, 0.5) is 0 Å². The van der Waals surface area contributed by atoms with Crippen molar-refractivity contribution in [3.8, 4) is 5.69 Å². The highest BCUT2D eigenvalue weighted by Gasteiger charge is 2.04. The average molecular weight is 215 g/mol. The Hall–Kier alpha value is -1.61. The van der Waals surface area contributed by atoms with Crippen molar-refractivity contribution in [3.63, 3.8) is 0 Å². The number of hydrogen-bond acceptors (Lipinski definition) is 2. The van der Waals surface area contributed by atoms with Gasteiger partial charge in [-0.3, -0.25) is 0 Å². The van der Waals surface area contributed by atoms with Crippen molar-refractivity contribution in [2.75, 3.05) is 0 Å². The summed E-state index contributed by atoms with van der Waals surface area (Å²) in [6.45, 7) is 4.09. The maximum atomic E-state index is 5.75. The lowest BCUT2D eigenvalue weighted by molar-refractivity contribution is 0.725. The van der Waals surface area contributed by atoms with E-state index in [4.69, 9.17) is 5.73 Å². The van der Waals surface area contributed by atoms with Crippen LogP contribution in [-0.4, -0.2) is 15.6 Å². The van der Waals surface area contributed by atoms with Gasteiger partial charge in [0.1, 0.15) is 0 Å². The summed E-state index contributed by atoms with van der Waals surface area (Å²) in [5.41, 5.74) is 9.21. The number of aryl methyl sites for hydroxylation is 1. The van der Waals surface area contributed by atoms with Gasteiger partial charge in [-0.2, -0.15) is 0 Å². The largest absolute Gasteiger partial charge is 0.328 e. The SMILES string of the molecule is Cc1ccccc1-n1cnc(CC(C)N)c1. The van der Waals surface area contributed by atoms with Crippen LogP contribution in [0, 0.1) is 6.92 Å². The summed E-state index contributed by atoms with van der Waals surface area (Å²) in [4.78, 5) is 4.36. The van der Waals surface area contributed by atoms with Gasteiger partial charge < -0.3 is 10.3 Å². The number of para-hydroxylation sites is 1. The molecule has 2 N–H and O–H groups in total. The Labute approximate surface area is 95.9 Å². The molecule has 0 fully saturated rings. The van der Waals surface area contributed by atoms with Gasteiger partial charge in [0.25, 0.3) is 0 Å². The Morgan fingerprint density at radius 1 is 1.38 bits per heavy atom. The number of nitrogens with zero attached hydrogens (tertiary/aromatic N) is 2. The lowest BCUT2D eigenvalue weighted by atomic mass is 10.2.